The summed E-state index contributed by atoms with van der Waals surface area (Å²) < 4.78 is 10.7. The summed E-state index contributed by atoms with van der Waals surface area (Å²) in [6.07, 6.45) is 1.67. The highest BCUT2D eigenvalue weighted by Crippen LogP contribution is 2.26. The fourth-order valence-corrected chi connectivity index (χ4v) is 3.21. The molecule has 160 valence electrons. The molecule has 0 radical (unpaired) electrons. The van der Waals surface area contributed by atoms with Crippen molar-refractivity contribution in [2.24, 2.45) is 5.10 Å². The molecule has 0 aliphatic carbocycles. The van der Waals surface area contributed by atoms with Gasteiger partial charge in [-0.25, -0.2) is 15.4 Å². The van der Waals surface area contributed by atoms with Gasteiger partial charge in [0.2, 0.25) is 5.95 Å². The van der Waals surface area contributed by atoms with Gasteiger partial charge < -0.3 is 9.47 Å². The van der Waals surface area contributed by atoms with E-state index in [9.17, 15) is 0 Å². The standard InChI is InChI=1S/C26H24N4O2/c1-18-9-11-20(12-10-18)24-16-23(19-7-5-4-6-8-19)28-26(29-24)30-27-17-21-13-14-22(31-2)15-25(21)32-3/h4-17H,1-3H3,(H,28,29,30). The van der Waals surface area contributed by atoms with Gasteiger partial charge in [-0.05, 0) is 25.1 Å². The number of aryl methyl sites for hydroxylation is 1. The van der Waals surface area contributed by atoms with Crippen molar-refractivity contribution in [2.45, 2.75) is 6.92 Å². The highest BCUT2D eigenvalue weighted by Gasteiger charge is 2.09. The van der Waals surface area contributed by atoms with Crippen LogP contribution in [0.25, 0.3) is 22.5 Å². The molecule has 1 heterocycles. The minimum absolute atomic E-state index is 0.408. The number of anilines is 1. The quantitative estimate of drug-likeness (QED) is 0.310. The number of nitrogens with zero attached hydrogens (tertiary/aromatic N) is 3. The molecule has 6 nitrogen and oxygen atoms in total. The van der Waals surface area contributed by atoms with Crippen LogP contribution in [0.1, 0.15) is 11.1 Å². The second kappa shape index (κ2) is 9.75. The molecule has 1 N–H and O–H groups in total. The monoisotopic (exact) mass is 424 g/mol. The van der Waals surface area contributed by atoms with Crippen LogP contribution in [0.15, 0.2) is 84.0 Å². The Hall–Kier alpha value is -4.19. The Morgan fingerprint density at radius 1 is 0.781 bits per heavy atom. The van der Waals surface area contributed by atoms with Crippen LogP contribution < -0.4 is 14.9 Å². The van der Waals surface area contributed by atoms with Crippen molar-refractivity contribution in [1.29, 1.82) is 0 Å². The molecule has 1 aromatic heterocycles. The summed E-state index contributed by atoms with van der Waals surface area (Å²) in [5, 5.41) is 4.34. The summed E-state index contributed by atoms with van der Waals surface area (Å²) in [4.78, 5) is 9.33. The van der Waals surface area contributed by atoms with Gasteiger partial charge in [-0.2, -0.15) is 5.10 Å². The molecule has 4 rings (SSSR count). The average molecular weight is 425 g/mol. The van der Waals surface area contributed by atoms with E-state index in [1.165, 1.54) is 5.56 Å². The molecule has 0 saturated carbocycles. The molecule has 0 saturated heterocycles. The lowest BCUT2D eigenvalue weighted by Crippen LogP contribution is -2.01. The highest BCUT2D eigenvalue weighted by atomic mass is 16.5. The van der Waals surface area contributed by atoms with Crippen molar-refractivity contribution >= 4 is 12.2 Å². The van der Waals surface area contributed by atoms with E-state index in [4.69, 9.17) is 9.47 Å². The Morgan fingerprint density at radius 3 is 2.12 bits per heavy atom. The van der Waals surface area contributed by atoms with E-state index >= 15 is 0 Å². The van der Waals surface area contributed by atoms with Gasteiger partial charge in [0.25, 0.3) is 0 Å². The fraction of sp³-hybridized carbons (Fsp3) is 0.115. The Morgan fingerprint density at radius 2 is 1.47 bits per heavy atom. The van der Waals surface area contributed by atoms with Gasteiger partial charge in [0.15, 0.2) is 0 Å². The van der Waals surface area contributed by atoms with E-state index in [-0.39, 0.29) is 0 Å². The molecule has 0 fully saturated rings. The summed E-state index contributed by atoms with van der Waals surface area (Å²) in [5.74, 6) is 1.79. The van der Waals surface area contributed by atoms with Crippen LogP contribution in [-0.4, -0.2) is 30.4 Å². The minimum Gasteiger partial charge on any atom is -0.497 e. The Balaban J connectivity index is 1.66. The lowest BCUT2D eigenvalue weighted by molar-refractivity contribution is 0.394. The van der Waals surface area contributed by atoms with Crippen molar-refractivity contribution in [3.63, 3.8) is 0 Å². The molecule has 3 aromatic carbocycles. The highest BCUT2D eigenvalue weighted by molar-refractivity contribution is 5.84. The third-order valence-corrected chi connectivity index (χ3v) is 4.95. The first-order valence-electron chi connectivity index (χ1n) is 10.2. The number of benzene rings is 3. The van der Waals surface area contributed by atoms with Crippen molar-refractivity contribution in [3.05, 3.63) is 90.0 Å². The van der Waals surface area contributed by atoms with Gasteiger partial charge in [0.1, 0.15) is 11.5 Å². The maximum absolute atomic E-state index is 5.42. The van der Waals surface area contributed by atoms with Crippen LogP contribution in [0.2, 0.25) is 0 Å². The zero-order chi connectivity index (χ0) is 22.3. The number of methoxy groups -OCH3 is 2. The largest absolute Gasteiger partial charge is 0.497 e. The molecule has 0 bridgehead atoms. The molecule has 0 aliphatic heterocycles. The van der Waals surface area contributed by atoms with Crippen LogP contribution in [-0.2, 0) is 0 Å². The number of rotatable bonds is 7. The molecule has 0 amide bonds. The van der Waals surface area contributed by atoms with Crippen molar-refractivity contribution in [1.82, 2.24) is 9.97 Å². The molecule has 4 aromatic rings. The van der Waals surface area contributed by atoms with Gasteiger partial charge in [0, 0.05) is 22.8 Å². The molecule has 32 heavy (non-hydrogen) atoms. The van der Waals surface area contributed by atoms with Crippen LogP contribution >= 0.6 is 0 Å². The molecule has 6 heteroatoms. The van der Waals surface area contributed by atoms with Crippen LogP contribution in [0.5, 0.6) is 11.5 Å². The first-order valence-corrected chi connectivity index (χ1v) is 10.2. The number of hydrogen-bond donors (Lipinski definition) is 1. The van der Waals surface area contributed by atoms with Gasteiger partial charge >= 0.3 is 0 Å². The first kappa shape index (κ1) is 21.1. The number of hydrogen-bond acceptors (Lipinski definition) is 6. The molecular weight excluding hydrogens is 400 g/mol. The van der Waals surface area contributed by atoms with Crippen molar-refractivity contribution in [3.8, 4) is 34.0 Å². The second-order valence-electron chi connectivity index (χ2n) is 7.17. The summed E-state index contributed by atoms with van der Waals surface area (Å²) in [6, 6.07) is 25.8. The van der Waals surface area contributed by atoms with Gasteiger partial charge in [-0.1, -0.05) is 60.2 Å². The number of ether oxygens (including phenoxy) is 2. The van der Waals surface area contributed by atoms with E-state index in [2.05, 4.69) is 51.7 Å². The third-order valence-electron chi connectivity index (χ3n) is 4.95. The van der Waals surface area contributed by atoms with Gasteiger partial charge in [-0.3, -0.25) is 0 Å². The predicted octanol–water partition coefficient (Wildman–Crippen LogP) is 5.58. The lowest BCUT2D eigenvalue weighted by atomic mass is 10.1. The Kier molecular flexibility index (Phi) is 6.41. The topological polar surface area (TPSA) is 68.6 Å². The first-order chi connectivity index (χ1) is 15.7. The molecular formula is C26H24N4O2. The number of aromatic nitrogens is 2. The maximum atomic E-state index is 5.42. The normalized spacial score (nSPS) is 10.8. The SMILES string of the molecule is COc1ccc(C=NNc2nc(-c3ccccc3)cc(-c3ccc(C)cc3)n2)c(OC)c1. The average Bonchev–Trinajstić information content (AvgIpc) is 2.85. The molecule has 0 atom stereocenters. The van der Waals surface area contributed by atoms with E-state index in [1.807, 2.05) is 54.6 Å². The van der Waals surface area contributed by atoms with E-state index < -0.39 is 0 Å². The third kappa shape index (κ3) is 4.92. The summed E-state index contributed by atoms with van der Waals surface area (Å²) in [7, 11) is 3.23. The summed E-state index contributed by atoms with van der Waals surface area (Å²) in [5.41, 5.74) is 8.62. The van der Waals surface area contributed by atoms with Crippen LogP contribution in [0.3, 0.4) is 0 Å². The fourth-order valence-electron chi connectivity index (χ4n) is 3.21. The Bertz CT molecular complexity index is 1220. The van der Waals surface area contributed by atoms with E-state index in [0.717, 1.165) is 28.1 Å². The molecule has 0 spiro atoms. The Labute approximate surface area is 187 Å². The number of nitrogens with one attached hydrogen (secondary N) is 1. The zero-order valence-electron chi connectivity index (χ0n) is 18.2. The summed E-state index contributed by atoms with van der Waals surface area (Å²) in [6.45, 7) is 2.06. The predicted molar refractivity (Wildman–Crippen MR) is 128 cm³/mol. The molecule has 0 aliphatic rings. The minimum atomic E-state index is 0.408. The van der Waals surface area contributed by atoms with Crippen LogP contribution in [0.4, 0.5) is 5.95 Å². The zero-order valence-corrected chi connectivity index (χ0v) is 18.2. The summed E-state index contributed by atoms with van der Waals surface area (Å²) >= 11 is 0. The van der Waals surface area contributed by atoms with Crippen LogP contribution in [0, 0.1) is 6.92 Å². The van der Waals surface area contributed by atoms with Gasteiger partial charge in [0.05, 0.1) is 31.8 Å². The van der Waals surface area contributed by atoms with E-state index in [0.29, 0.717) is 17.4 Å². The molecule has 0 unspecified atom stereocenters. The number of hydrazone groups is 1. The second-order valence-corrected chi connectivity index (χ2v) is 7.17. The van der Waals surface area contributed by atoms with E-state index in [1.54, 1.807) is 20.4 Å². The van der Waals surface area contributed by atoms with Crippen molar-refractivity contribution < 1.29 is 9.47 Å². The van der Waals surface area contributed by atoms with Gasteiger partial charge in [-0.15, -0.1) is 0 Å². The van der Waals surface area contributed by atoms with Crippen molar-refractivity contribution in [2.75, 3.05) is 19.6 Å². The smallest absolute Gasteiger partial charge is 0.244 e. The lowest BCUT2D eigenvalue weighted by Gasteiger charge is -2.09. The maximum Gasteiger partial charge on any atom is 0.244 e.